The highest BCUT2D eigenvalue weighted by atomic mass is 16.5. The molecule has 1 unspecified atom stereocenters. The molecule has 1 saturated heterocycles. The van der Waals surface area contributed by atoms with Gasteiger partial charge in [0.2, 0.25) is 5.95 Å². The van der Waals surface area contributed by atoms with E-state index in [9.17, 15) is 4.79 Å². The molecule has 7 heteroatoms. The third kappa shape index (κ3) is 4.92. The SMILES string of the molecule is COc1ccc(CNC(=O)c2cc(C)nc(NCC3CCCO3)n2)cc1. The van der Waals surface area contributed by atoms with Crippen molar-refractivity contribution in [3.8, 4) is 5.75 Å². The van der Waals surface area contributed by atoms with Crippen LogP contribution in [0.15, 0.2) is 30.3 Å². The predicted molar refractivity (Wildman–Crippen MR) is 98.4 cm³/mol. The Morgan fingerprint density at radius 3 is 2.81 bits per heavy atom. The van der Waals surface area contributed by atoms with Gasteiger partial charge in [0.1, 0.15) is 11.4 Å². The van der Waals surface area contributed by atoms with Gasteiger partial charge >= 0.3 is 0 Å². The van der Waals surface area contributed by atoms with Crippen molar-refractivity contribution in [2.24, 2.45) is 0 Å². The van der Waals surface area contributed by atoms with Crippen LogP contribution in [0.3, 0.4) is 0 Å². The van der Waals surface area contributed by atoms with Gasteiger partial charge in [-0.3, -0.25) is 4.79 Å². The molecular formula is C19H24N4O3. The molecular weight excluding hydrogens is 332 g/mol. The Morgan fingerprint density at radius 1 is 1.31 bits per heavy atom. The van der Waals surface area contributed by atoms with Gasteiger partial charge < -0.3 is 20.1 Å². The molecule has 1 fully saturated rings. The first kappa shape index (κ1) is 18.1. The third-order valence-corrected chi connectivity index (χ3v) is 4.21. The fourth-order valence-corrected chi connectivity index (χ4v) is 2.79. The Labute approximate surface area is 153 Å². The van der Waals surface area contributed by atoms with Gasteiger partial charge in [-0.1, -0.05) is 12.1 Å². The summed E-state index contributed by atoms with van der Waals surface area (Å²) in [6, 6.07) is 9.24. The van der Waals surface area contributed by atoms with Crippen molar-refractivity contribution in [3.63, 3.8) is 0 Å². The second kappa shape index (κ2) is 8.62. The van der Waals surface area contributed by atoms with Crippen LogP contribution in [0, 0.1) is 6.92 Å². The number of aromatic nitrogens is 2. The lowest BCUT2D eigenvalue weighted by Gasteiger charge is -2.12. The minimum absolute atomic E-state index is 0.187. The molecule has 138 valence electrons. The van der Waals surface area contributed by atoms with Crippen LogP contribution in [-0.4, -0.2) is 42.2 Å². The fraction of sp³-hybridized carbons (Fsp3) is 0.421. The Balaban J connectivity index is 1.58. The average Bonchev–Trinajstić information content (AvgIpc) is 3.18. The van der Waals surface area contributed by atoms with Crippen LogP contribution in [0.5, 0.6) is 5.75 Å². The molecule has 1 aliphatic rings. The molecule has 0 spiro atoms. The Kier molecular flexibility index (Phi) is 6.01. The molecule has 0 saturated carbocycles. The second-order valence-electron chi connectivity index (χ2n) is 6.26. The van der Waals surface area contributed by atoms with Gasteiger partial charge in [-0.25, -0.2) is 9.97 Å². The first-order valence-electron chi connectivity index (χ1n) is 8.76. The van der Waals surface area contributed by atoms with Crippen LogP contribution in [0.25, 0.3) is 0 Å². The molecule has 2 heterocycles. The molecule has 1 amide bonds. The topological polar surface area (TPSA) is 85.4 Å². The maximum Gasteiger partial charge on any atom is 0.270 e. The summed E-state index contributed by atoms with van der Waals surface area (Å²) in [5, 5.41) is 6.05. The molecule has 1 aromatic heterocycles. The first-order valence-corrected chi connectivity index (χ1v) is 8.76. The van der Waals surface area contributed by atoms with Crippen molar-refractivity contribution in [2.45, 2.75) is 32.4 Å². The van der Waals surface area contributed by atoms with Crippen LogP contribution in [0.4, 0.5) is 5.95 Å². The van der Waals surface area contributed by atoms with Crippen LogP contribution in [-0.2, 0) is 11.3 Å². The largest absolute Gasteiger partial charge is 0.497 e. The highest BCUT2D eigenvalue weighted by Crippen LogP contribution is 2.13. The summed E-state index contributed by atoms with van der Waals surface area (Å²) in [6.07, 6.45) is 2.31. The summed E-state index contributed by atoms with van der Waals surface area (Å²) in [5.41, 5.74) is 2.08. The number of carbonyl (C=O) groups excluding carboxylic acids is 1. The van der Waals surface area contributed by atoms with E-state index >= 15 is 0 Å². The lowest BCUT2D eigenvalue weighted by Crippen LogP contribution is -2.25. The number of hydrogen-bond acceptors (Lipinski definition) is 6. The second-order valence-corrected chi connectivity index (χ2v) is 6.26. The molecule has 1 aromatic carbocycles. The highest BCUT2D eigenvalue weighted by Gasteiger charge is 2.16. The number of ether oxygens (including phenoxy) is 2. The quantitative estimate of drug-likeness (QED) is 0.792. The van der Waals surface area contributed by atoms with E-state index in [1.165, 1.54) is 0 Å². The summed E-state index contributed by atoms with van der Waals surface area (Å²) < 4.78 is 10.7. The number of nitrogens with one attached hydrogen (secondary N) is 2. The molecule has 0 aliphatic carbocycles. The van der Waals surface area contributed by atoms with E-state index in [4.69, 9.17) is 9.47 Å². The van der Waals surface area contributed by atoms with Crippen LogP contribution < -0.4 is 15.4 Å². The van der Waals surface area contributed by atoms with Crippen molar-refractivity contribution in [2.75, 3.05) is 25.6 Å². The number of nitrogens with zero attached hydrogens (tertiary/aromatic N) is 2. The molecule has 1 aliphatic heterocycles. The number of benzene rings is 1. The zero-order chi connectivity index (χ0) is 18.4. The molecule has 1 atom stereocenters. The van der Waals surface area contributed by atoms with E-state index in [-0.39, 0.29) is 12.0 Å². The van der Waals surface area contributed by atoms with Gasteiger partial charge in [-0.15, -0.1) is 0 Å². The van der Waals surface area contributed by atoms with E-state index in [0.29, 0.717) is 24.7 Å². The van der Waals surface area contributed by atoms with Crippen molar-refractivity contribution in [1.82, 2.24) is 15.3 Å². The van der Waals surface area contributed by atoms with E-state index in [1.54, 1.807) is 13.2 Å². The Bertz CT molecular complexity index is 743. The number of rotatable bonds is 7. The fourth-order valence-electron chi connectivity index (χ4n) is 2.79. The number of methoxy groups -OCH3 is 1. The molecule has 7 nitrogen and oxygen atoms in total. The third-order valence-electron chi connectivity index (χ3n) is 4.21. The minimum Gasteiger partial charge on any atom is -0.497 e. The molecule has 3 rings (SSSR count). The standard InChI is InChI=1S/C19H24N4O3/c1-13-10-17(23-19(22-13)21-12-16-4-3-9-26-16)18(24)20-11-14-5-7-15(25-2)8-6-14/h5-8,10,16H,3-4,9,11-12H2,1-2H3,(H,20,24)(H,21,22,23). The Morgan fingerprint density at radius 2 is 2.12 bits per heavy atom. The van der Waals surface area contributed by atoms with Crippen molar-refractivity contribution < 1.29 is 14.3 Å². The predicted octanol–water partition coefficient (Wildman–Crippen LogP) is 2.31. The van der Waals surface area contributed by atoms with Gasteiger partial charge in [0, 0.05) is 25.4 Å². The minimum atomic E-state index is -0.230. The van der Waals surface area contributed by atoms with Gasteiger partial charge in [-0.2, -0.15) is 0 Å². The summed E-state index contributed by atoms with van der Waals surface area (Å²) in [6.45, 7) is 3.72. The number of amides is 1. The van der Waals surface area contributed by atoms with E-state index < -0.39 is 0 Å². The lowest BCUT2D eigenvalue weighted by molar-refractivity contribution is 0.0945. The first-order chi connectivity index (χ1) is 12.6. The monoisotopic (exact) mass is 356 g/mol. The summed E-state index contributed by atoms with van der Waals surface area (Å²) in [7, 11) is 1.62. The summed E-state index contributed by atoms with van der Waals surface area (Å²) in [4.78, 5) is 21.1. The van der Waals surface area contributed by atoms with Gasteiger partial charge in [0.05, 0.1) is 13.2 Å². The van der Waals surface area contributed by atoms with Crippen molar-refractivity contribution in [1.29, 1.82) is 0 Å². The molecule has 2 N–H and O–H groups in total. The average molecular weight is 356 g/mol. The van der Waals surface area contributed by atoms with E-state index in [2.05, 4.69) is 20.6 Å². The number of hydrogen-bond donors (Lipinski definition) is 2. The zero-order valence-corrected chi connectivity index (χ0v) is 15.1. The summed E-state index contributed by atoms with van der Waals surface area (Å²) >= 11 is 0. The molecule has 26 heavy (non-hydrogen) atoms. The highest BCUT2D eigenvalue weighted by molar-refractivity contribution is 5.92. The summed E-state index contributed by atoms with van der Waals surface area (Å²) in [5.74, 6) is 1.01. The maximum atomic E-state index is 12.4. The van der Waals surface area contributed by atoms with Crippen molar-refractivity contribution >= 4 is 11.9 Å². The van der Waals surface area contributed by atoms with Crippen LogP contribution in [0.2, 0.25) is 0 Å². The smallest absolute Gasteiger partial charge is 0.270 e. The molecule has 0 radical (unpaired) electrons. The van der Waals surface area contributed by atoms with Gasteiger partial charge in [-0.05, 0) is 43.5 Å². The zero-order valence-electron chi connectivity index (χ0n) is 15.1. The number of aryl methyl sites for hydroxylation is 1. The van der Waals surface area contributed by atoms with Crippen molar-refractivity contribution in [3.05, 3.63) is 47.3 Å². The molecule has 2 aromatic rings. The molecule has 0 bridgehead atoms. The van der Waals surface area contributed by atoms with E-state index in [0.717, 1.165) is 36.5 Å². The number of anilines is 1. The maximum absolute atomic E-state index is 12.4. The van der Waals surface area contributed by atoms with Gasteiger partial charge in [0.15, 0.2) is 0 Å². The normalized spacial score (nSPS) is 16.3. The van der Waals surface area contributed by atoms with Gasteiger partial charge in [0.25, 0.3) is 5.91 Å². The Hall–Kier alpha value is -2.67. The van der Waals surface area contributed by atoms with Crippen LogP contribution in [0.1, 0.15) is 34.6 Å². The number of carbonyl (C=O) groups is 1. The van der Waals surface area contributed by atoms with Crippen LogP contribution >= 0.6 is 0 Å². The lowest BCUT2D eigenvalue weighted by atomic mass is 10.2. The van der Waals surface area contributed by atoms with E-state index in [1.807, 2.05) is 31.2 Å².